The third-order valence-corrected chi connectivity index (χ3v) is 3.32. The van der Waals surface area contributed by atoms with Crippen LogP contribution in [0.25, 0.3) is 11.5 Å². The number of pyridine rings is 1. The van der Waals surface area contributed by atoms with Gasteiger partial charge in [-0.1, -0.05) is 5.16 Å². The first kappa shape index (κ1) is 12.1. The van der Waals surface area contributed by atoms with Crippen LogP contribution < -0.4 is 5.56 Å². The van der Waals surface area contributed by atoms with E-state index in [1.807, 2.05) is 13.0 Å². The van der Waals surface area contributed by atoms with Crippen molar-refractivity contribution >= 4 is 0 Å². The van der Waals surface area contributed by atoms with Gasteiger partial charge in [-0.05, 0) is 19.4 Å². The zero-order valence-electron chi connectivity index (χ0n) is 10.7. The van der Waals surface area contributed by atoms with Crippen LogP contribution >= 0.6 is 0 Å². The minimum Gasteiger partial charge on any atom is -0.381 e. The Kier molecular flexibility index (Phi) is 3.16. The lowest BCUT2D eigenvalue weighted by atomic mass is 10.1. The van der Waals surface area contributed by atoms with Gasteiger partial charge < -0.3 is 13.8 Å². The van der Waals surface area contributed by atoms with Crippen LogP contribution in [-0.4, -0.2) is 27.9 Å². The normalized spacial score (nSPS) is 18.9. The minimum atomic E-state index is -0.0658. The summed E-state index contributed by atoms with van der Waals surface area (Å²) in [5.74, 6) is 1.25. The summed E-state index contributed by atoms with van der Waals surface area (Å²) >= 11 is 0. The van der Waals surface area contributed by atoms with Gasteiger partial charge in [-0.2, -0.15) is 4.98 Å². The zero-order chi connectivity index (χ0) is 13.2. The molecule has 1 atom stereocenters. The first-order valence-corrected chi connectivity index (χ1v) is 6.40. The predicted octanol–water partition coefficient (Wildman–Crippen LogP) is 1.42. The van der Waals surface area contributed by atoms with Gasteiger partial charge in [-0.25, -0.2) is 0 Å². The fraction of sp³-hybridized carbons (Fsp3) is 0.462. The molecule has 1 saturated heterocycles. The quantitative estimate of drug-likeness (QED) is 0.835. The van der Waals surface area contributed by atoms with Crippen molar-refractivity contribution < 1.29 is 9.26 Å². The number of rotatable bonds is 3. The van der Waals surface area contributed by atoms with Gasteiger partial charge in [0.05, 0.1) is 6.61 Å². The molecule has 19 heavy (non-hydrogen) atoms. The summed E-state index contributed by atoms with van der Waals surface area (Å²) < 4.78 is 12.1. The molecular formula is C13H15N3O3. The number of nitrogens with zero attached hydrogens (tertiary/aromatic N) is 3. The van der Waals surface area contributed by atoms with Crippen LogP contribution in [0.15, 0.2) is 27.6 Å². The lowest BCUT2D eigenvalue weighted by Gasteiger charge is -2.01. The smallest absolute Gasteiger partial charge is 0.258 e. The average molecular weight is 261 g/mol. The molecule has 1 fully saturated rings. The fourth-order valence-electron chi connectivity index (χ4n) is 2.16. The van der Waals surface area contributed by atoms with Gasteiger partial charge in [0.15, 0.2) is 5.82 Å². The molecule has 0 spiro atoms. The second-order valence-corrected chi connectivity index (χ2v) is 4.56. The summed E-state index contributed by atoms with van der Waals surface area (Å²) in [5.41, 5.74) is 0.594. The number of aromatic nitrogens is 3. The molecule has 100 valence electrons. The first-order chi connectivity index (χ1) is 9.28. The maximum Gasteiger partial charge on any atom is 0.258 e. The zero-order valence-corrected chi connectivity index (χ0v) is 10.7. The summed E-state index contributed by atoms with van der Waals surface area (Å²) in [6.07, 6.45) is 2.65. The monoisotopic (exact) mass is 261 g/mol. The van der Waals surface area contributed by atoms with Crippen LogP contribution in [0.1, 0.15) is 25.1 Å². The van der Waals surface area contributed by atoms with Crippen LogP contribution in [0.5, 0.6) is 0 Å². The summed E-state index contributed by atoms with van der Waals surface area (Å²) in [7, 11) is 0. The lowest BCUT2D eigenvalue weighted by Crippen LogP contribution is -2.17. The predicted molar refractivity (Wildman–Crippen MR) is 67.8 cm³/mol. The Labute approximate surface area is 110 Å². The van der Waals surface area contributed by atoms with E-state index in [1.165, 1.54) is 6.07 Å². The van der Waals surface area contributed by atoms with Crippen LogP contribution in [-0.2, 0) is 11.3 Å². The van der Waals surface area contributed by atoms with E-state index in [0.717, 1.165) is 13.0 Å². The SMILES string of the molecule is CCn1ccc(-c2nc([C@@H]3CCOC3)no2)cc1=O. The molecule has 6 nitrogen and oxygen atoms in total. The van der Waals surface area contributed by atoms with E-state index in [1.54, 1.807) is 10.8 Å². The van der Waals surface area contributed by atoms with E-state index in [4.69, 9.17) is 9.26 Å². The maximum absolute atomic E-state index is 11.8. The highest BCUT2D eigenvalue weighted by Gasteiger charge is 2.23. The van der Waals surface area contributed by atoms with Crippen LogP contribution in [0.4, 0.5) is 0 Å². The van der Waals surface area contributed by atoms with Crippen LogP contribution in [0, 0.1) is 0 Å². The van der Waals surface area contributed by atoms with Crippen LogP contribution in [0.3, 0.4) is 0 Å². The highest BCUT2D eigenvalue weighted by atomic mass is 16.5. The molecule has 0 aromatic carbocycles. The standard InChI is InChI=1S/C13H15N3O3/c1-2-16-5-3-9(7-11(16)17)13-14-12(15-19-13)10-4-6-18-8-10/h3,5,7,10H,2,4,6,8H2,1H3/t10-/m1/s1. The van der Waals surface area contributed by atoms with E-state index in [0.29, 0.717) is 30.4 Å². The third kappa shape index (κ3) is 2.31. The molecule has 2 aromatic heterocycles. The molecule has 0 amide bonds. The molecular weight excluding hydrogens is 246 g/mol. The number of ether oxygens (including phenoxy) is 1. The van der Waals surface area contributed by atoms with Crippen molar-refractivity contribution in [3.8, 4) is 11.5 Å². The van der Waals surface area contributed by atoms with E-state index in [2.05, 4.69) is 10.1 Å². The molecule has 3 heterocycles. The van der Waals surface area contributed by atoms with Crippen molar-refractivity contribution in [2.75, 3.05) is 13.2 Å². The maximum atomic E-state index is 11.8. The molecule has 0 N–H and O–H groups in total. The molecule has 0 saturated carbocycles. The van der Waals surface area contributed by atoms with Crippen molar-refractivity contribution in [3.63, 3.8) is 0 Å². The highest BCUT2D eigenvalue weighted by Crippen LogP contribution is 2.24. The molecule has 1 aliphatic rings. The van der Waals surface area contributed by atoms with Gasteiger partial charge in [0, 0.05) is 36.9 Å². The van der Waals surface area contributed by atoms with Crippen molar-refractivity contribution in [2.45, 2.75) is 25.8 Å². The molecule has 3 rings (SSSR count). The molecule has 0 radical (unpaired) electrons. The Hall–Kier alpha value is -1.95. The van der Waals surface area contributed by atoms with Gasteiger partial charge in [-0.15, -0.1) is 0 Å². The summed E-state index contributed by atoms with van der Waals surface area (Å²) in [6.45, 7) is 3.94. The summed E-state index contributed by atoms with van der Waals surface area (Å²) in [6, 6.07) is 3.33. The third-order valence-electron chi connectivity index (χ3n) is 3.32. The van der Waals surface area contributed by atoms with E-state index >= 15 is 0 Å². The van der Waals surface area contributed by atoms with E-state index < -0.39 is 0 Å². The Morgan fingerprint density at radius 3 is 3.11 bits per heavy atom. The van der Waals surface area contributed by atoms with Gasteiger partial charge in [-0.3, -0.25) is 4.79 Å². The number of aryl methyl sites for hydroxylation is 1. The van der Waals surface area contributed by atoms with Crippen molar-refractivity contribution in [3.05, 3.63) is 34.5 Å². The molecule has 2 aromatic rings. The van der Waals surface area contributed by atoms with Gasteiger partial charge >= 0.3 is 0 Å². The first-order valence-electron chi connectivity index (χ1n) is 6.40. The Morgan fingerprint density at radius 2 is 2.42 bits per heavy atom. The van der Waals surface area contributed by atoms with E-state index in [-0.39, 0.29) is 11.5 Å². The molecule has 6 heteroatoms. The van der Waals surface area contributed by atoms with E-state index in [9.17, 15) is 4.79 Å². The minimum absolute atomic E-state index is 0.0658. The van der Waals surface area contributed by atoms with Crippen molar-refractivity contribution in [1.82, 2.24) is 14.7 Å². The summed E-state index contributed by atoms with van der Waals surface area (Å²) in [5, 5.41) is 3.97. The van der Waals surface area contributed by atoms with Gasteiger partial charge in [0.1, 0.15) is 0 Å². The summed E-state index contributed by atoms with van der Waals surface area (Å²) in [4.78, 5) is 16.1. The topological polar surface area (TPSA) is 70.2 Å². The average Bonchev–Trinajstić information content (AvgIpc) is 3.09. The Morgan fingerprint density at radius 1 is 1.53 bits per heavy atom. The highest BCUT2D eigenvalue weighted by molar-refractivity contribution is 5.51. The molecule has 0 bridgehead atoms. The molecule has 0 aliphatic carbocycles. The molecule has 1 aliphatic heterocycles. The second-order valence-electron chi connectivity index (χ2n) is 4.56. The lowest BCUT2D eigenvalue weighted by molar-refractivity contribution is 0.192. The van der Waals surface area contributed by atoms with Gasteiger partial charge in [0.2, 0.25) is 0 Å². The van der Waals surface area contributed by atoms with Gasteiger partial charge in [0.25, 0.3) is 11.4 Å². The Bertz CT molecular complexity index is 626. The Balaban J connectivity index is 1.89. The largest absolute Gasteiger partial charge is 0.381 e. The van der Waals surface area contributed by atoms with Crippen LogP contribution in [0.2, 0.25) is 0 Å². The van der Waals surface area contributed by atoms with Crippen molar-refractivity contribution in [2.24, 2.45) is 0 Å². The fourth-order valence-corrected chi connectivity index (χ4v) is 2.16. The number of hydrogen-bond donors (Lipinski definition) is 0. The van der Waals surface area contributed by atoms with Crippen molar-refractivity contribution in [1.29, 1.82) is 0 Å². The second kappa shape index (κ2) is 4.97. The number of hydrogen-bond acceptors (Lipinski definition) is 5. The molecule has 0 unspecified atom stereocenters.